The van der Waals surface area contributed by atoms with Gasteiger partial charge in [0.25, 0.3) is 5.69 Å². The van der Waals surface area contributed by atoms with E-state index in [1.165, 1.54) is 0 Å². The highest BCUT2D eigenvalue weighted by Gasteiger charge is 2.23. The zero-order valence-corrected chi connectivity index (χ0v) is 12.6. The fourth-order valence-corrected chi connectivity index (χ4v) is 2.04. The zero-order chi connectivity index (χ0) is 15.5. The molecule has 0 amide bonds. The predicted octanol–water partition coefficient (Wildman–Crippen LogP) is 3.49. The van der Waals surface area contributed by atoms with Crippen LogP contribution in [0.25, 0.3) is 4.85 Å². The third-order valence-corrected chi connectivity index (χ3v) is 3.06. The minimum absolute atomic E-state index is 0.263. The Morgan fingerprint density at radius 2 is 1.90 bits per heavy atom. The van der Waals surface area contributed by atoms with Gasteiger partial charge in [-0.05, 0) is 26.3 Å². The monoisotopic (exact) mass is 284 g/mol. The van der Waals surface area contributed by atoms with Gasteiger partial charge in [-0.3, -0.25) is 4.68 Å². The lowest BCUT2D eigenvalue weighted by Crippen LogP contribution is -2.24. The number of hydrogen-bond donors (Lipinski definition) is 1. The first kappa shape index (κ1) is 15.1. The van der Waals surface area contributed by atoms with Crippen molar-refractivity contribution in [3.8, 4) is 0 Å². The Morgan fingerprint density at radius 1 is 1.24 bits per heavy atom. The van der Waals surface area contributed by atoms with Crippen LogP contribution in [0.15, 0.2) is 30.3 Å². The standard InChI is InChI=1S/C16H20N4O/c1-16(2,3)20-15(17)14(18-4)13(19-20)11-21-10-12-8-6-5-7-9-12/h5-9H,10-11,17H2,1-3H3. The van der Waals surface area contributed by atoms with Crippen LogP contribution in [0.4, 0.5) is 11.5 Å². The Labute approximate surface area is 125 Å². The van der Waals surface area contributed by atoms with Gasteiger partial charge in [0, 0.05) is 0 Å². The summed E-state index contributed by atoms with van der Waals surface area (Å²) in [5.74, 6) is 0.399. The lowest BCUT2D eigenvalue weighted by Gasteiger charge is -2.21. The number of anilines is 1. The molecular weight excluding hydrogens is 264 g/mol. The van der Waals surface area contributed by atoms with Gasteiger partial charge in [0.2, 0.25) is 0 Å². The van der Waals surface area contributed by atoms with E-state index in [1.807, 2.05) is 51.1 Å². The first-order valence-electron chi connectivity index (χ1n) is 6.80. The Bertz CT molecular complexity index is 647. The molecule has 1 aromatic carbocycles. The maximum absolute atomic E-state index is 7.28. The van der Waals surface area contributed by atoms with Crippen molar-refractivity contribution in [2.45, 2.75) is 39.5 Å². The molecule has 21 heavy (non-hydrogen) atoms. The molecule has 0 aliphatic carbocycles. The van der Waals surface area contributed by atoms with Gasteiger partial charge in [0.15, 0.2) is 0 Å². The second-order valence-corrected chi connectivity index (χ2v) is 5.85. The van der Waals surface area contributed by atoms with E-state index in [-0.39, 0.29) is 12.1 Å². The summed E-state index contributed by atoms with van der Waals surface area (Å²) < 4.78 is 7.34. The molecule has 0 radical (unpaired) electrons. The molecule has 0 aliphatic heterocycles. The van der Waals surface area contributed by atoms with Crippen molar-refractivity contribution in [3.63, 3.8) is 0 Å². The van der Waals surface area contributed by atoms with Gasteiger partial charge in [-0.25, -0.2) is 4.85 Å². The second-order valence-electron chi connectivity index (χ2n) is 5.85. The van der Waals surface area contributed by atoms with Crippen LogP contribution in [0.3, 0.4) is 0 Å². The molecule has 2 rings (SSSR count). The topological polar surface area (TPSA) is 57.4 Å². The summed E-state index contributed by atoms with van der Waals surface area (Å²) in [5, 5.41) is 4.44. The molecule has 0 bridgehead atoms. The van der Waals surface area contributed by atoms with E-state index >= 15 is 0 Å². The first-order valence-corrected chi connectivity index (χ1v) is 6.80. The SMILES string of the molecule is [C-]#[N+]c1c(COCc2ccccc2)nn(C(C)(C)C)c1N. The summed E-state index contributed by atoms with van der Waals surface area (Å²) in [6.45, 7) is 14.0. The minimum Gasteiger partial charge on any atom is -0.393 e. The van der Waals surface area contributed by atoms with Crippen LogP contribution in [0.2, 0.25) is 0 Å². The van der Waals surface area contributed by atoms with Crippen LogP contribution in [-0.2, 0) is 23.5 Å². The number of nitrogen functional groups attached to an aromatic ring is 1. The van der Waals surface area contributed by atoms with Gasteiger partial charge in [0.05, 0.1) is 31.0 Å². The van der Waals surface area contributed by atoms with Crippen LogP contribution in [0, 0.1) is 6.57 Å². The molecule has 0 spiro atoms. The van der Waals surface area contributed by atoms with E-state index in [4.69, 9.17) is 17.0 Å². The molecular formula is C16H20N4O. The highest BCUT2D eigenvalue weighted by atomic mass is 16.5. The van der Waals surface area contributed by atoms with Gasteiger partial charge in [-0.2, -0.15) is 5.10 Å². The van der Waals surface area contributed by atoms with Crippen LogP contribution in [0.1, 0.15) is 32.0 Å². The summed E-state index contributed by atoms with van der Waals surface area (Å²) in [6, 6.07) is 9.90. The molecule has 2 aromatic rings. The Kier molecular flexibility index (Phi) is 4.29. The fourth-order valence-electron chi connectivity index (χ4n) is 2.04. The quantitative estimate of drug-likeness (QED) is 0.874. The fraction of sp³-hybridized carbons (Fsp3) is 0.375. The lowest BCUT2D eigenvalue weighted by molar-refractivity contribution is 0.104. The highest BCUT2D eigenvalue weighted by molar-refractivity contribution is 5.66. The molecule has 1 aromatic heterocycles. The van der Waals surface area contributed by atoms with Crippen molar-refractivity contribution < 1.29 is 4.74 Å². The van der Waals surface area contributed by atoms with Gasteiger partial charge in [0.1, 0.15) is 5.82 Å². The van der Waals surface area contributed by atoms with Crippen molar-refractivity contribution in [2.24, 2.45) is 0 Å². The Balaban J connectivity index is 2.12. The maximum Gasteiger partial charge on any atom is 0.252 e. The molecule has 0 unspecified atom stereocenters. The summed E-state index contributed by atoms with van der Waals surface area (Å²) in [4.78, 5) is 3.49. The van der Waals surface area contributed by atoms with Crippen molar-refractivity contribution in [3.05, 3.63) is 53.0 Å². The number of rotatable bonds is 4. The number of benzene rings is 1. The third-order valence-electron chi connectivity index (χ3n) is 3.06. The second kappa shape index (κ2) is 5.98. The largest absolute Gasteiger partial charge is 0.393 e. The molecule has 0 saturated carbocycles. The third kappa shape index (κ3) is 3.41. The first-order chi connectivity index (χ1) is 9.93. The normalized spacial score (nSPS) is 11.3. The minimum atomic E-state index is -0.263. The Hall–Kier alpha value is -2.32. The zero-order valence-electron chi connectivity index (χ0n) is 12.6. The van der Waals surface area contributed by atoms with Crippen molar-refractivity contribution >= 4 is 11.5 Å². The summed E-state index contributed by atoms with van der Waals surface area (Å²) >= 11 is 0. The Morgan fingerprint density at radius 3 is 2.48 bits per heavy atom. The van der Waals surface area contributed by atoms with Crippen LogP contribution in [-0.4, -0.2) is 9.78 Å². The molecule has 0 fully saturated rings. The highest BCUT2D eigenvalue weighted by Crippen LogP contribution is 2.31. The van der Waals surface area contributed by atoms with Crippen molar-refractivity contribution in [1.82, 2.24) is 9.78 Å². The molecule has 110 valence electrons. The predicted molar refractivity (Wildman–Crippen MR) is 82.8 cm³/mol. The number of nitrogens with zero attached hydrogens (tertiary/aromatic N) is 3. The summed E-state index contributed by atoms with van der Waals surface area (Å²) in [7, 11) is 0. The number of nitrogens with two attached hydrogens (primary N) is 1. The smallest absolute Gasteiger partial charge is 0.252 e. The maximum atomic E-state index is 7.28. The average molecular weight is 284 g/mol. The lowest BCUT2D eigenvalue weighted by atomic mass is 10.1. The molecule has 1 heterocycles. The average Bonchev–Trinajstić information content (AvgIpc) is 2.76. The molecule has 5 heteroatoms. The molecule has 0 aliphatic rings. The molecule has 0 saturated heterocycles. The molecule has 2 N–H and O–H groups in total. The summed E-state index contributed by atoms with van der Waals surface area (Å²) in [6.07, 6.45) is 0. The van der Waals surface area contributed by atoms with Crippen molar-refractivity contribution in [1.29, 1.82) is 0 Å². The molecule has 5 nitrogen and oxygen atoms in total. The van der Waals surface area contributed by atoms with Crippen LogP contribution < -0.4 is 5.73 Å². The molecule has 0 atom stereocenters. The van der Waals surface area contributed by atoms with Gasteiger partial charge < -0.3 is 10.5 Å². The van der Waals surface area contributed by atoms with Gasteiger partial charge >= 0.3 is 0 Å². The van der Waals surface area contributed by atoms with Gasteiger partial charge in [-0.1, -0.05) is 30.3 Å². The van der Waals surface area contributed by atoms with E-state index in [2.05, 4.69) is 9.94 Å². The van der Waals surface area contributed by atoms with E-state index in [1.54, 1.807) is 4.68 Å². The number of ether oxygens (including phenoxy) is 1. The van der Waals surface area contributed by atoms with E-state index in [9.17, 15) is 0 Å². The van der Waals surface area contributed by atoms with Crippen molar-refractivity contribution in [2.75, 3.05) is 5.73 Å². The number of hydrogen-bond acceptors (Lipinski definition) is 3. The van der Waals surface area contributed by atoms with E-state index in [0.717, 1.165) is 5.56 Å². The summed E-state index contributed by atoms with van der Waals surface area (Å²) in [5.41, 5.74) is 7.82. The van der Waals surface area contributed by atoms with E-state index in [0.29, 0.717) is 23.8 Å². The van der Waals surface area contributed by atoms with Crippen LogP contribution >= 0.6 is 0 Å². The number of aromatic nitrogens is 2. The van der Waals surface area contributed by atoms with Crippen LogP contribution in [0.5, 0.6) is 0 Å². The van der Waals surface area contributed by atoms with Gasteiger partial charge in [-0.15, -0.1) is 0 Å². The van der Waals surface area contributed by atoms with E-state index < -0.39 is 0 Å².